The fourth-order valence-electron chi connectivity index (χ4n) is 5.59. The molecule has 0 radical (unpaired) electrons. The summed E-state index contributed by atoms with van der Waals surface area (Å²) in [5.74, 6) is 3.66. The van der Waals surface area contributed by atoms with E-state index in [0.29, 0.717) is 23.1 Å². The van der Waals surface area contributed by atoms with Crippen molar-refractivity contribution in [2.75, 3.05) is 43.9 Å². The standard InChI is InChI=1S/C36H34F2N8O2/c1-44-17-13-29(14-18-44)45(2)28-9-7-27(8-10-28)42-36-41-22-26-20-24(6-12-32(26)43-36)4-3-15-40-34(47)33-35(48)46(19-16-39-33)23-25-5-11-30(37)31(38)21-25/h5-12,16,19-22,29H,13-15,17-18,23H2,1-2H3,(H,40,47)(H,41,42,43). The second-order valence-electron chi connectivity index (χ2n) is 11.7. The fraction of sp³-hybridized carbons (Fsp3) is 0.250. The van der Waals surface area contributed by atoms with Crippen molar-refractivity contribution in [1.82, 2.24) is 29.7 Å². The average Bonchev–Trinajstić information content (AvgIpc) is 3.09. The first-order chi connectivity index (χ1) is 23.2. The molecule has 244 valence electrons. The number of carbonyl (C=O) groups is 1. The van der Waals surface area contributed by atoms with Gasteiger partial charge in [-0.1, -0.05) is 17.9 Å². The Bertz CT molecular complexity index is 2070. The first kappa shape index (κ1) is 32.3. The van der Waals surface area contributed by atoms with Crippen molar-refractivity contribution in [1.29, 1.82) is 0 Å². The molecule has 0 bridgehead atoms. The average molecular weight is 649 g/mol. The van der Waals surface area contributed by atoms with Gasteiger partial charge < -0.3 is 25.0 Å². The molecule has 0 aliphatic carbocycles. The monoisotopic (exact) mass is 648 g/mol. The normalized spacial score (nSPS) is 13.5. The van der Waals surface area contributed by atoms with Crippen molar-refractivity contribution in [3.8, 4) is 11.8 Å². The number of nitrogens with one attached hydrogen (secondary N) is 2. The van der Waals surface area contributed by atoms with Gasteiger partial charge >= 0.3 is 0 Å². The third kappa shape index (κ3) is 7.65. The number of carbonyl (C=O) groups excluding carboxylic acids is 1. The van der Waals surface area contributed by atoms with E-state index < -0.39 is 23.1 Å². The molecule has 48 heavy (non-hydrogen) atoms. The van der Waals surface area contributed by atoms with Crippen LogP contribution in [0, 0.1) is 23.5 Å². The zero-order valence-electron chi connectivity index (χ0n) is 26.6. The third-order valence-electron chi connectivity index (χ3n) is 8.38. The van der Waals surface area contributed by atoms with Gasteiger partial charge in [0.2, 0.25) is 5.95 Å². The van der Waals surface area contributed by atoms with Crippen LogP contribution in [0.1, 0.15) is 34.5 Å². The minimum Gasteiger partial charge on any atom is -0.372 e. The van der Waals surface area contributed by atoms with Crippen LogP contribution < -0.4 is 21.1 Å². The van der Waals surface area contributed by atoms with E-state index in [1.807, 2.05) is 30.3 Å². The summed E-state index contributed by atoms with van der Waals surface area (Å²) in [4.78, 5) is 43.2. The molecule has 6 rings (SSSR count). The van der Waals surface area contributed by atoms with Crippen LogP contribution in [0.3, 0.4) is 0 Å². The van der Waals surface area contributed by atoms with Gasteiger partial charge in [-0.15, -0.1) is 0 Å². The minimum atomic E-state index is -1.02. The first-order valence-electron chi connectivity index (χ1n) is 15.6. The van der Waals surface area contributed by atoms with Gasteiger partial charge in [0.15, 0.2) is 17.3 Å². The number of hydrogen-bond acceptors (Lipinski definition) is 8. The second kappa shape index (κ2) is 14.4. The van der Waals surface area contributed by atoms with Gasteiger partial charge in [0.25, 0.3) is 11.5 Å². The lowest BCUT2D eigenvalue weighted by molar-refractivity contribution is 0.0951. The van der Waals surface area contributed by atoms with Gasteiger partial charge in [0.05, 0.1) is 18.6 Å². The van der Waals surface area contributed by atoms with E-state index in [9.17, 15) is 18.4 Å². The molecule has 1 aliphatic rings. The van der Waals surface area contributed by atoms with E-state index in [4.69, 9.17) is 0 Å². The number of benzene rings is 3. The Balaban J connectivity index is 1.04. The Labute approximate surface area is 276 Å². The zero-order valence-corrected chi connectivity index (χ0v) is 26.6. The number of halogens is 2. The smallest absolute Gasteiger partial charge is 0.282 e. The molecule has 1 aliphatic heterocycles. The highest BCUT2D eigenvalue weighted by Crippen LogP contribution is 2.25. The van der Waals surface area contributed by atoms with Crippen LogP contribution >= 0.6 is 0 Å². The van der Waals surface area contributed by atoms with Crippen LogP contribution in [0.2, 0.25) is 0 Å². The predicted molar refractivity (Wildman–Crippen MR) is 181 cm³/mol. The SMILES string of the molecule is CN1CCC(N(C)c2ccc(Nc3ncc4cc(C#CCNC(=O)c5nccn(Cc6ccc(F)c(F)c6)c5=O)ccc4n3)cc2)CC1. The Morgan fingerprint density at radius 3 is 2.58 bits per heavy atom. The van der Waals surface area contributed by atoms with Crippen LogP contribution in [0.15, 0.2) is 84.0 Å². The van der Waals surface area contributed by atoms with Crippen molar-refractivity contribution >= 4 is 34.1 Å². The van der Waals surface area contributed by atoms with Crippen LogP contribution in [-0.2, 0) is 6.54 Å². The van der Waals surface area contributed by atoms with Crippen molar-refractivity contribution in [3.05, 3.63) is 118 Å². The van der Waals surface area contributed by atoms with Crippen molar-refractivity contribution < 1.29 is 13.6 Å². The summed E-state index contributed by atoms with van der Waals surface area (Å²) in [6.45, 7) is 2.16. The van der Waals surface area contributed by atoms with Crippen LogP contribution in [0.25, 0.3) is 10.9 Å². The molecule has 0 spiro atoms. The van der Waals surface area contributed by atoms with Crippen molar-refractivity contribution in [2.24, 2.45) is 0 Å². The summed E-state index contributed by atoms with van der Waals surface area (Å²) < 4.78 is 28.0. The molecule has 0 saturated carbocycles. The molecular formula is C36H34F2N8O2. The van der Waals surface area contributed by atoms with E-state index in [0.717, 1.165) is 54.7 Å². The molecule has 0 unspecified atom stereocenters. The van der Waals surface area contributed by atoms with Crippen molar-refractivity contribution in [2.45, 2.75) is 25.4 Å². The summed E-state index contributed by atoms with van der Waals surface area (Å²) >= 11 is 0. The van der Waals surface area contributed by atoms with E-state index in [1.165, 1.54) is 28.7 Å². The highest BCUT2D eigenvalue weighted by atomic mass is 19.2. The summed E-state index contributed by atoms with van der Waals surface area (Å²) in [6, 6.07) is 17.7. The zero-order chi connectivity index (χ0) is 33.6. The highest BCUT2D eigenvalue weighted by Gasteiger charge is 2.21. The topological polar surface area (TPSA) is 108 Å². The van der Waals surface area contributed by atoms with E-state index in [1.54, 1.807) is 6.20 Å². The number of amides is 1. The number of hydrogen-bond donors (Lipinski definition) is 2. The Kier molecular flexibility index (Phi) is 9.68. The molecule has 2 N–H and O–H groups in total. The molecule has 5 aromatic rings. The lowest BCUT2D eigenvalue weighted by Gasteiger charge is -2.36. The van der Waals surface area contributed by atoms with E-state index in [2.05, 4.69) is 73.5 Å². The molecule has 1 saturated heterocycles. The molecule has 3 heterocycles. The fourth-order valence-corrected chi connectivity index (χ4v) is 5.59. The van der Waals surface area contributed by atoms with Gasteiger partial charge in [-0.2, -0.15) is 0 Å². The molecule has 12 heteroatoms. The van der Waals surface area contributed by atoms with Crippen molar-refractivity contribution in [3.63, 3.8) is 0 Å². The van der Waals surface area contributed by atoms with Gasteiger partial charge in [-0.25, -0.2) is 23.7 Å². The van der Waals surface area contributed by atoms with Crippen LogP contribution in [-0.4, -0.2) is 70.1 Å². The Hall–Kier alpha value is -5.67. The molecular weight excluding hydrogens is 614 g/mol. The summed E-state index contributed by atoms with van der Waals surface area (Å²) in [5.41, 5.74) is 2.90. The number of anilines is 3. The van der Waals surface area contributed by atoms with Crippen LogP contribution in [0.4, 0.5) is 26.1 Å². The molecule has 2 aromatic heterocycles. The largest absolute Gasteiger partial charge is 0.372 e. The van der Waals surface area contributed by atoms with Gasteiger partial charge in [0, 0.05) is 54.0 Å². The maximum atomic E-state index is 13.6. The number of aromatic nitrogens is 4. The molecule has 3 aromatic carbocycles. The molecule has 0 atom stereocenters. The summed E-state index contributed by atoms with van der Waals surface area (Å²) in [5, 5.41) is 6.66. The number of piperidine rings is 1. The predicted octanol–water partition coefficient (Wildman–Crippen LogP) is 4.57. The lowest BCUT2D eigenvalue weighted by Crippen LogP contribution is -2.41. The number of likely N-dealkylation sites (tertiary alicyclic amines) is 1. The second-order valence-corrected chi connectivity index (χ2v) is 11.7. The van der Waals surface area contributed by atoms with E-state index in [-0.39, 0.29) is 18.8 Å². The quantitative estimate of drug-likeness (QED) is 0.236. The summed E-state index contributed by atoms with van der Waals surface area (Å²) in [7, 11) is 4.33. The highest BCUT2D eigenvalue weighted by molar-refractivity contribution is 5.92. The molecule has 1 fully saturated rings. The van der Waals surface area contributed by atoms with E-state index >= 15 is 0 Å². The Morgan fingerprint density at radius 2 is 1.81 bits per heavy atom. The van der Waals surface area contributed by atoms with Gasteiger partial charge in [-0.3, -0.25) is 9.59 Å². The number of rotatable bonds is 8. The van der Waals surface area contributed by atoms with Gasteiger partial charge in [0.1, 0.15) is 0 Å². The minimum absolute atomic E-state index is 0.0258. The maximum absolute atomic E-state index is 13.6. The Morgan fingerprint density at radius 1 is 1.02 bits per heavy atom. The number of nitrogens with zero attached hydrogens (tertiary/aromatic N) is 6. The number of fused-ring (bicyclic) bond motifs is 1. The lowest BCUT2D eigenvalue weighted by atomic mass is 10.0. The van der Waals surface area contributed by atoms with Crippen LogP contribution in [0.5, 0.6) is 0 Å². The van der Waals surface area contributed by atoms with Gasteiger partial charge in [-0.05, 0) is 93.1 Å². The maximum Gasteiger partial charge on any atom is 0.282 e. The molecule has 10 nitrogen and oxygen atoms in total. The summed E-state index contributed by atoms with van der Waals surface area (Å²) in [6.07, 6.45) is 6.71. The molecule has 1 amide bonds. The third-order valence-corrected chi connectivity index (χ3v) is 8.38. The first-order valence-corrected chi connectivity index (χ1v) is 15.6.